The van der Waals surface area contributed by atoms with Gasteiger partial charge in [0, 0.05) is 24.2 Å². The lowest BCUT2D eigenvalue weighted by molar-refractivity contribution is 0.649. The van der Waals surface area contributed by atoms with E-state index in [1.54, 1.807) is 30.7 Å². The van der Waals surface area contributed by atoms with E-state index >= 15 is 0 Å². The molecular formula is C19H14N4O. The fourth-order valence-corrected chi connectivity index (χ4v) is 2.68. The average molecular weight is 314 g/mol. The molecule has 0 fully saturated rings. The van der Waals surface area contributed by atoms with Gasteiger partial charge in [0.05, 0.1) is 11.9 Å². The van der Waals surface area contributed by atoms with E-state index in [0.717, 1.165) is 11.1 Å². The van der Waals surface area contributed by atoms with Gasteiger partial charge in [0.25, 0.3) is 5.56 Å². The Labute approximate surface area is 138 Å². The van der Waals surface area contributed by atoms with E-state index in [4.69, 9.17) is 0 Å². The number of nitrogens with zero attached hydrogens (tertiary/aromatic N) is 4. The number of hydrogen-bond acceptors (Lipinski definition) is 4. The van der Waals surface area contributed by atoms with E-state index in [1.807, 2.05) is 42.5 Å². The van der Waals surface area contributed by atoms with Crippen LogP contribution in [0.15, 0.2) is 78.0 Å². The predicted molar refractivity (Wildman–Crippen MR) is 92.6 cm³/mol. The van der Waals surface area contributed by atoms with Crippen LogP contribution in [-0.4, -0.2) is 19.7 Å². The third-order valence-corrected chi connectivity index (χ3v) is 3.85. The SMILES string of the molecule is O=c1c2cccnc2c(-c2ccccc2)nn1Cc1ccncc1. The molecule has 4 rings (SSSR count). The molecule has 5 nitrogen and oxygen atoms in total. The summed E-state index contributed by atoms with van der Waals surface area (Å²) in [7, 11) is 0. The molecule has 0 saturated carbocycles. The lowest BCUT2D eigenvalue weighted by Crippen LogP contribution is -2.24. The normalized spacial score (nSPS) is 10.8. The fourth-order valence-electron chi connectivity index (χ4n) is 2.68. The Morgan fingerprint density at radius 1 is 0.875 bits per heavy atom. The zero-order valence-corrected chi connectivity index (χ0v) is 12.8. The molecule has 0 aliphatic rings. The van der Waals surface area contributed by atoms with Crippen molar-refractivity contribution in [3.8, 4) is 11.3 Å². The van der Waals surface area contributed by atoms with Crippen LogP contribution >= 0.6 is 0 Å². The van der Waals surface area contributed by atoms with E-state index in [9.17, 15) is 4.79 Å². The Morgan fingerprint density at radius 3 is 2.46 bits per heavy atom. The van der Waals surface area contributed by atoms with Crippen molar-refractivity contribution in [2.45, 2.75) is 6.54 Å². The second-order valence-electron chi connectivity index (χ2n) is 5.43. The maximum absolute atomic E-state index is 12.8. The summed E-state index contributed by atoms with van der Waals surface area (Å²) in [5.41, 5.74) is 3.10. The first-order chi connectivity index (χ1) is 11.8. The second kappa shape index (κ2) is 6.04. The van der Waals surface area contributed by atoms with Crippen molar-refractivity contribution in [1.29, 1.82) is 0 Å². The minimum absolute atomic E-state index is 0.144. The number of benzene rings is 1. The molecule has 24 heavy (non-hydrogen) atoms. The Bertz CT molecular complexity index is 1040. The standard InChI is InChI=1S/C19H14N4O/c24-19-16-7-4-10-21-18(16)17(15-5-2-1-3-6-15)22-23(19)13-14-8-11-20-12-9-14/h1-12H,13H2. The van der Waals surface area contributed by atoms with Gasteiger partial charge in [0.1, 0.15) is 11.2 Å². The maximum atomic E-state index is 12.8. The highest BCUT2D eigenvalue weighted by atomic mass is 16.1. The average Bonchev–Trinajstić information content (AvgIpc) is 2.66. The van der Waals surface area contributed by atoms with Gasteiger partial charge in [-0.05, 0) is 29.8 Å². The molecule has 0 aliphatic carbocycles. The number of pyridine rings is 2. The Kier molecular flexibility index (Phi) is 3.59. The van der Waals surface area contributed by atoms with Gasteiger partial charge in [-0.1, -0.05) is 30.3 Å². The van der Waals surface area contributed by atoms with Crippen LogP contribution in [0.25, 0.3) is 22.2 Å². The fraction of sp³-hybridized carbons (Fsp3) is 0.0526. The third-order valence-electron chi connectivity index (χ3n) is 3.85. The first kappa shape index (κ1) is 14.3. The quantitative estimate of drug-likeness (QED) is 0.583. The number of hydrogen-bond donors (Lipinski definition) is 0. The topological polar surface area (TPSA) is 60.7 Å². The molecule has 0 radical (unpaired) electrons. The minimum atomic E-state index is -0.144. The van der Waals surface area contributed by atoms with Crippen LogP contribution in [0.1, 0.15) is 5.56 Å². The van der Waals surface area contributed by atoms with Crippen LogP contribution in [0.2, 0.25) is 0 Å². The van der Waals surface area contributed by atoms with Gasteiger partial charge in [-0.3, -0.25) is 14.8 Å². The summed E-state index contributed by atoms with van der Waals surface area (Å²) in [5.74, 6) is 0. The minimum Gasteiger partial charge on any atom is -0.267 e. The molecular weight excluding hydrogens is 300 g/mol. The molecule has 0 spiro atoms. The van der Waals surface area contributed by atoms with E-state index in [0.29, 0.717) is 23.1 Å². The first-order valence-electron chi connectivity index (χ1n) is 7.63. The highest BCUT2D eigenvalue weighted by Crippen LogP contribution is 2.22. The summed E-state index contributed by atoms with van der Waals surface area (Å²) < 4.78 is 1.49. The molecule has 0 saturated heterocycles. The summed E-state index contributed by atoms with van der Waals surface area (Å²) in [6.45, 7) is 0.395. The summed E-state index contributed by atoms with van der Waals surface area (Å²) >= 11 is 0. The molecule has 116 valence electrons. The summed E-state index contributed by atoms with van der Waals surface area (Å²) in [6.07, 6.45) is 5.10. The van der Waals surface area contributed by atoms with Crippen LogP contribution in [0.4, 0.5) is 0 Å². The molecule has 0 unspecified atom stereocenters. The second-order valence-corrected chi connectivity index (χ2v) is 5.43. The zero-order chi connectivity index (χ0) is 16.4. The van der Waals surface area contributed by atoms with Gasteiger partial charge in [0.2, 0.25) is 0 Å². The van der Waals surface area contributed by atoms with Gasteiger partial charge in [-0.2, -0.15) is 5.10 Å². The van der Waals surface area contributed by atoms with E-state index in [-0.39, 0.29) is 5.56 Å². The Balaban J connectivity index is 1.95. The molecule has 0 atom stereocenters. The van der Waals surface area contributed by atoms with E-state index < -0.39 is 0 Å². The summed E-state index contributed by atoms with van der Waals surface area (Å²) in [5, 5.41) is 5.16. The Hall–Kier alpha value is -3.34. The van der Waals surface area contributed by atoms with E-state index in [2.05, 4.69) is 15.1 Å². The molecule has 0 N–H and O–H groups in total. The van der Waals surface area contributed by atoms with Gasteiger partial charge >= 0.3 is 0 Å². The molecule has 0 bridgehead atoms. The highest BCUT2D eigenvalue weighted by molar-refractivity contribution is 5.90. The van der Waals surface area contributed by atoms with Gasteiger partial charge in [-0.15, -0.1) is 0 Å². The van der Waals surface area contributed by atoms with Crippen molar-refractivity contribution in [3.63, 3.8) is 0 Å². The maximum Gasteiger partial charge on any atom is 0.276 e. The largest absolute Gasteiger partial charge is 0.276 e. The van der Waals surface area contributed by atoms with Crippen LogP contribution in [-0.2, 0) is 6.54 Å². The first-order valence-corrected chi connectivity index (χ1v) is 7.63. The van der Waals surface area contributed by atoms with Crippen molar-refractivity contribution in [3.05, 3.63) is 89.1 Å². The Morgan fingerprint density at radius 2 is 1.67 bits per heavy atom. The van der Waals surface area contributed by atoms with Crippen LogP contribution in [0, 0.1) is 0 Å². The molecule has 4 aromatic rings. The summed E-state index contributed by atoms with van der Waals surface area (Å²) in [4.78, 5) is 21.1. The predicted octanol–water partition coefficient (Wildman–Crippen LogP) is 2.90. The number of aromatic nitrogens is 4. The molecule has 0 amide bonds. The van der Waals surface area contributed by atoms with Gasteiger partial charge < -0.3 is 0 Å². The lowest BCUT2D eigenvalue weighted by atomic mass is 10.1. The monoisotopic (exact) mass is 314 g/mol. The van der Waals surface area contributed by atoms with Crippen LogP contribution in [0.5, 0.6) is 0 Å². The molecule has 5 heteroatoms. The van der Waals surface area contributed by atoms with Crippen LogP contribution in [0.3, 0.4) is 0 Å². The van der Waals surface area contributed by atoms with Crippen molar-refractivity contribution < 1.29 is 0 Å². The molecule has 0 aliphatic heterocycles. The molecule has 3 aromatic heterocycles. The van der Waals surface area contributed by atoms with E-state index in [1.165, 1.54) is 4.68 Å². The lowest BCUT2D eigenvalue weighted by Gasteiger charge is -2.10. The van der Waals surface area contributed by atoms with Crippen LogP contribution < -0.4 is 5.56 Å². The summed E-state index contributed by atoms with van der Waals surface area (Å²) in [6, 6.07) is 17.1. The van der Waals surface area contributed by atoms with Crippen molar-refractivity contribution in [1.82, 2.24) is 19.7 Å². The van der Waals surface area contributed by atoms with Crippen molar-refractivity contribution >= 4 is 10.9 Å². The van der Waals surface area contributed by atoms with Gasteiger partial charge in [0.15, 0.2) is 0 Å². The molecule has 3 heterocycles. The number of fused-ring (bicyclic) bond motifs is 1. The number of rotatable bonds is 3. The molecule has 1 aromatic carbocycles. The smallest absolute Gasteiger partial charge is 0.267 e. The van der Waals surface area contributed by atoms with Gasteiger partial charge in [-0.25, -0.2) is 4.68 Å². The van der Waals surface area contributed by atoms with Crippen molar-refractivity contribution in [2.75, 3.05) is 0 Å². The van der Waals surface area contributed by atoms with Crippen molar-refractivity contribution in [2.24, 2.45) is 0 Å². The highest BCUT2D eigenvalue weighted by Gasteiger charge is 2.13. The zero-order valence-electron chi connectivity index (χ0n) is 12.8. The third kappa shape index (κ3) is 2.56.